The summed E-state index contributed by atoms with van der Waals surface area (Å²) in [6.45, 7) is 10.5. The Labute approximate surface area is 279 Å². The van der Waals surface area contributed by atoms with Crippen LogP contribution < -0.4 is 4.90 Å². The smallest absolute Gasteiger partial charge is 0.222 e. The number of halogens is 2. The third kappa shape index (κ3) is 7.33. The molecule has 7 unspecified atom stereocenters. The number of benzene rings is 1. The van der Waals surface area contributed by atoms with Gasteiger partial charge in [0.05, 0.1) is 6.10 Å². The summed E-state index contributed by atoms with van der Waals surface area (Å²) in [5.41, 5.74) is 1.95. The van der Waals surface area contributed by atoms with Crippen molar-refractivity contribution >= 4 is 34.8 Å². The Morgan fingerprint density at radius 2 is 1.76 bits per heavy atom. The predicted molar refractivity (Wildman–Crippen MR) is 178 cm³/mol. The number of fused-ring (bicyclic) bond motifs is 2. The molecule has 45 heavy (non-hydrogen) atoms. The first-order chi connectivity index (χ1) is 21.8. The van der Waals surface area contributed by atoms with E-state index in [4.69, 9.17) is 42.5 Å². The zero-order chi connectivity index (χ0) is 31.4. The molecule has 8 nitrogen and oxygen atoms in total. The minimum absolute atomic E-state index is 0.171. The van der Waals surface area contributed by atoms with Crippen molar-refractivity contribution in [3.63, 3.8) is 0 Å². The number of anilines is 1. The maximum atomic E-state index is 13.0. The van der Waals surface area contributed by atoms with Crippen LogP contribution in [-0.4, -0.2) is 97.1 Å². The van der Waals surface area contributed by atoms with E-state index in [0.29, 0.717) is 35.9 Å². The lowest BCUT2D eigenvalue weighted by atomic mass is 9.60. The molecule has 7 atom stereocenters. The fourth-order valence-electron chi connectivity index (χ4n) is 8.75. The van der Waals surface area contributed by atoms with E-state index in [-0.39, 0.29) is 18.3 Å². The third-order valence-corrected chi connectivity index (χ3v) is 11.7. The molecule has 10 heteroatoms. The van der Waals surface area contributed by atoms with Gasteiger partial charge in [-0.1, -0.05) is 25.5 Å². The lowest BCUT2D eigenvalue weighted by Gasteiger charge is -2.59. The van der Waals surface area contributed by atoms with Gasteiger partial charge in [-0.25, -0.2) is 9.78 Å². The number of hydrogen-bond acceptors (Lipinski definition) is 7. The Hall–Kier alpha value is -1.13. The molecule has 6 aliphatic rings. The summed E-state index contributed by atoms with van der Waals surface area (Å²) < 4.78 is 13.2. The molecular weight excluding hydrogens is 613 g/mol. The van der Waals surface area contributed by atoms with E-state index < -0.39 is 11.4 Å². The number of nitrogens with zero attached hydrogens (tertiary/aromatic N) is 3. The average Bonchev–Trinajstić information content (AvgIpc) is 3.28. The molecule has 252 valence electrons. The lowest BCUT2D eigenvalue weighted by Crippen LogP contribution is -2.69. The van der Waals surface area contributed by atoms with Gasteiger partial charge in [0.25, 0.3) is 0 Å². The summed E-state index contributed by atoms with van der Waals surface area (Å²) in [5.74, 6) is 1.99. The van der Waals surface area contributed by atoms with Crippen LogP contribution >= 0.6 is 23.2 Å². The number of hydrogen-bond donors (Lipinski definition) is 0. The maximum absolute atomic E-state index is 13.0. The first kappa shape index (κ1) is 33.8. The normalized spacial score (nSPS) is 34.8. The highest BCUT2D eigenvalue weighted by Gasteiger charge is 2.67. The molecule has 1 spiro atoms. The number of piperazine rings is 1. The van der Waals surface area contributed by atoms with Crippen LogP contribution in [0, 0.1) is 17.8 Å². The molecule has 2 bridgehead atoms. The predicted octanol–water partition coefficient (Wildman–Crippen LogP) is 6.22. The maximum Gasteiger partial charge on any atom is 0.222 e. The fourth-order valence-corrected chi connectivity index (χ4v) is 9.15. The zero-order valence-corrected chi connectivity index (χ0v) is 28.8. The van der Waals surface area contributed by atoms with Gasteiger partial charge in [0.1, 0.15) is 0 Å². The Kier molecular flexibility index (Phi) is 11.2. The zero-order valence-electron chi connectivity index (χ0n) is 27.3. The summed E-state index contributed by atoms with van der Waals surface area (Å²) in [6, 6.07) is 8.59. The number of aryl methyl sites for hydroxylation is 1. The summed E-state index contributed by atoms with van der Waals surface area (Å²) in [4.78, 5) is 31.9. The molecule has 5 aliphatic heterocycles. The summed E-state index contributed by atoms with van der Waals surface area (Å²) in [7, 11) is 0. The van der Waals surface area contributed by atoms with Gasteiger partial charge in [-0.2, -0.15) is 0 Å². The highest BCUT2D eigenvalue weighted by molar-refractivity contribution is 6.18. The SMILES string of the molecule is CC1C(CCCN2CCN(C(=O)CCCc3ccc(N(CCCl)CCCl)cc3)CC2)OC2OC3(C)CCC4CCCC1C42OO3. The van der Waals surface area contributed by atoms with Crippen molar-refractivity contribution < 1.29 is 24.0 Å². The molecule has 6 fully saturated rings. The molecular formula is C35H53Cl2N3O5. The monoisotopic (exact) mass is 665 g/mol. The van der Waals surface area contributed by atoms with Crippen LogP contribution in [0.15, 0.2) is 24.3 Å². The van der Waals surface area contributed by atoms with E-state index in [1.807, 2.05) is 6.92 Å². The number of carbonyl (C=O) groups is 1. The van der Waals surface area contributed by atoms with E-state index in [0.717, 1.165) is 96.4 Å². The second-order valence-electron chi connectivity index (χ2n) is 14.2. The number of ether oxygens (including phenoxy) is 2. The molecule has 1 aromatic carbocycles. The van der Waals surface area contributed by atoms with Gasteiger partial charge in [-0.3, -0.25) is 9.69 Å². The van der Waals surface area contributed by atoms with Crippen LogP contribution in [0.25, 0.3) is 0 Å². The van der Waals surface area contributed by atoms with Gasteiger partial charge in [-0.15, -0.1) is 23.2 Å². The van der Waals surface area contributed by atoms with Crippen molar-refractivity contribution in [2.75, 3.05) is 62.5 Å². The molecule has 1 amide bonds. The molecule has 7 rings (SSSR count). The number of alkyl halides is 2. The lowest BCUT2D eigenvalue weighted by molar-refractivity contribution is -0.569. The highest BCUT2D eigenvalue weighted by atomic mass is 35.5. The Balaban J connectivity index is 0.906. The van der Waals surface area contributed by atoms with Crippen LogP contribution in [0.1, 0.15) is 77.2 Å². The standard InChI is InChI=1S/C35H53Cl2N3O5/c1-26-30-8-4-7-28-15-16-34(2)43-33(35(28,30)45-44-34)42-31(26)9-5-19-38-22-24-40(25-23-38)32(41)10-3-6-27-11-13-29(14-12-27)39(20-17-36)21-18-37/h11-14,26,28,30-31,33H,3-10,15-25H2,1-2H3. The molecule has 0 radical (unpaired) electrons. The van der Waals surface area contributed by atoms with Crippen molar-refractivity contribution in [2.45, 2.75) is 102 Å². The van der Waals surface area contributed by atoms with Gasteiger partial charge >= 0.3 is 0 Å². The van der Waals surface area contributed by atoms with Crippen molar-refractivity contribution in [2.24, 2.45) is 17.8 Å². The molecule has 1 aliphatic carbocycles. The van der Waals surface area contributed by atoms with Crippen molar-refractivity contribution in [1.29, 1.82) is 0 Å². The number of amides is 1. The van der Waals surface area contributed by atoms with Crippen LogP contribution in [0.3, 0.4) is 0 Å². The molecule has 5 saturated heterocycles. The summed E-state index contributed by atoms with van der Waals surface area (Å²) >= 11 is 11.9. The van der Waals surface area contributed by atoms with Crippen molar-refractivity contribution in [3.8, 4) is 0 Å². The van der Waals surface area contributed by atoms with E-state index in [2.05, 4.69) is 45.9 Å². The second kappa shape index (κ2) is 15.0. The van der Waals surface area contributed by atoms with Gasteiger partial charge in [0.15, 0.2) is 11.9 Å². The molecule has 0 aromatic heterocycles. The van der Waals surface area contributed by atoms with E-state index in [1.54, 1.807) is 0 Å². The highest BCUT2D eigenvalue weighted by Crippen LogP contribution is 2.59. The fraction of sp³-hybridized carbons (Fsp3) is 0.800. The largest absolute Gasteiger partial charge is 0.369 e. The average molecular weight is 667 g/mol. The third-order valence-electron chi connectivity index (χ3n) is 11.4. The van der Waals surface area contributed by atoms with Crippen LogP contribution in [-0.2, 0) is 30.5 Å². The van der Waals surface area contributed by atoms with Gasteiger partial charge in [-0.05, 0) is 87.9 Å². The minimum atomic E-state index is -0.706. The van der Waals surface area contributed by atoms with Gasteiger partial charge < -0.3 is 19.3 Å². The summed E-state index contributed by atoms with van der Waals surface area (Å²) in [5, 5.41) is 0. The van der Waals surface area contributed by atoms with E-state index in [9.17, 15) is 4.79 Å². The van der Waals surface area contributed by atoms with Crippen molar-refractivity contribution in [3.05, 3.63) is 29.8 Å². The first-order valence-electron chi connectivity index (χ1n) is 17.5. The molecule has 1 saturated carbocycles. The Bertz CT molecular complexity index is 1120. The summed E-state index contributed by atoms with van der Waals surface area (Å²) in [6.07, 6.45) is 9.84. The molecule has 0 N–H and O–H groups in total. The second-order valence-corrected chi connectivity index (χ2v) is 14.9. The van der Waals surface area contributed by atoms with Crippen LogP contribution in [0.2, 0.25) is 0 Å². The van der Waals surface area contributed by atoms with Gasteiger partial charge in [0.2, 0.25) is 11.7 Å². The number of rotatable bonds is 13. The Morgan fingerprint density at radius 1 is 1.00 bits per heavy atom. The van der Waals surface area contributed by atoms with Crippen molar-refractivity contribution in [1.82, 2.24) is 9.80 Å². The van der Waals surface area contributed by atoms with Crippen LogP contribution in [0.5, 0.6) is 0 Å². The first-order valence-corrected chi connectivity index (χ1v) is 18.6. The molecule has 1 aromatic rings. The molecule has 5 heterocycles. The van der Waals surface area contributed by atoms with E-state index in [1.165, 1.54) is 18.4 Å². The van der Waals surface area contributed by atoms with Crippen LogP contribution in [0.4, 0.5) is 5.69 Å². The topological polar surface area (TPSA) is 63.7 Å². The van der Waals surface area contributed by atoms with Gasteiger partial charge in [0, 0.05) is 75.5 Å². The minimum Gasteiger partial charge on any atom is -0.369 e. The Morgan fingerprint density at radius 3 is 2.49 bits per heavy atom. The quantitative estimate of drug-likeness (QED) is 0.183. The van der Waals surface area contributed by atoms with E-state index >= 15 is 0 Å². The number of carbonyl (C=O) groups excluding carboxylic acids is 1.